The minimum Gasteiger partial charge on any atom is -0.464 e. The van der Waals surface area contributed by atoms with Gasteiger partial charge < -0.3 is 15.8 Å². The Hall–Kier alpha value is -2.26. The Kier molecular flexibility index (Phi) is 4.43. The van der Waals surface area contributed by atoms with Gasteiger partial charge in [0.1, 0.15) is 6.04 Å². The lowest BCUT2D eigenvalue weighted by atomic mass is 10.3. The van der Waals surface area contributed by atoms with Crippen molar-refractivity contribution in [3.63, 3.8) is 0 Å². The van der Waals surface area contributed by atoms with Gasteiger partial charge in [0.2, 0.25) is 5.91 Å². The number of nitrogens with zero attached hydrogens (tertiary/aromatic N) is 3. The topological polar surface area (TPSA) is 112 Å². The molecule has 0 unspecified atom stereocenters. The molecule has 2 aromatic rings. The molecule has 1 atom stereocenters. The van der Waals surface area contributed by atoms with Crippen molar-refractivity contribution >= 4 is 28.3 Å². The highest BCUT2D eigenvalue weighted by atomic mass is 32.1. The summed E-state index contributed by atoms with van der Waals surface area (Å²) in [4.78, 5) is 27.0. The highest BCUT2D eigenvalue weighted by molar-refractivity contribution is 7.14. The summed E-state index contributed by atoms with van der Waals surface area (Å²) < 4.78 is 6.09. The van der Waals surface area contributed by atoms with Crippen LogP contribution in [-0.4, -0.2) is 39.8 Å². The fourth-order valence-electron chi connectivity index (χ4n) is 1.42. The second-order valence-electron chi connectivity index (χ2n) is 3.85. The molecule has 0 aliphatic carbocycles. The average Bonchev–Trinajstić information content (AvgIpc) is 3.09. The summed E-state index contributed by atoms with van der Waals surface area (Å²) in [7, 11) is 1.26. The number of hydrogen-bond acceptors (Lipinski definition) is 7. The van der Waals surface area contributed by atoms with Gasteiger partial charge in [-0.3, -0.25) is 9.48 Å². The van der Waals surface area contributed by atoms with E-state index in [0.29, 0.717) is 5.13 Å². The maximum atomic E-state index is 11.9. The number of amides is 1. The maximum Gasteiger partial charge on any atom is 0.357 e. The number of nitrogens with two attached hydrogens (primary N) is 1. The first-order chi connectivity index (χ1) is 9.60. The lowest BCUT2D eigenvalue weighted by Crippen LogP contribution is -2.39. The number of nitrogens with one attached hydrogen (secondary N) is 1. The molecule has 1 amide bonds. The molecule has 8 nitrogen and oxygen atoms in total. The van der Waals surface area contributed by atoms with Crippen molar-refractivity contribution in [3.05, 3.63) is 29.5 Å². The molecular weight excluding hydrogens is 282 g/mol. The van der Waals surface area contributed by atoms with Gasteiger partial charge in [-0.25, -0.2) is 9.78 Å². The lowest BCUT2D eigenvalue weighted by Gasteiger charge is -2.10. The van der Waals surface area contributed by atoms with Crippen LogP contribution in [0.1, 0.15) is 10.5 Å². The molecule has 3 N–H and O–H groups in total. The Morgan fingerprint density at radius 2 is 2.40 bits per heavy atom. The van der Waals surface area contributed by atoms with Crippen LogP contribution in [0, 0.1) is 0 Å². The van der Waals surface area contributed by atoms with Gasteiger partial charge in [-0.2, -0.15) is 5.10 Å². The van der Waals surface area contributed by atoms with Gasteiger partial charge in [0.25, 0.3) is 0 Å². The number of thiazole rings is 1. The molecule has 106 valence electrons. The summed E-state index contributed by atoms with van der Waals surface area (Å²) in [6.45, 7) is 0.258. The zero-order chi connectivity index (χ0) is 14.5. The van der Waals surface area contributed by atoms with Crippen molar-refractivity contribution in [1.29, 1.82) is 0 Å². The molecule has 0 spiro atoms. The zero-order valence-corrected chi connectivity index (χ0v) is 11.5. The van der Waals surface area contributed by atoms with E-state index >= 15 is 0 Å². The van der Waals surface area contributed by atoms with Crippen LogP contribution in [-0.2, 0) is 16.1 Å². The zero-order valence-electron chi connectivity index (χ0n) is 10.6. The fraction of sp³-hybridized carbons (Fsp3) is 0.273. The van der Waals surface area contributed by atoms with Crippen LogP contribution in [0.5, 0.6) is 0 Å². The molecule has 2 aromatic heterocycles. The second-order valence-corrected chi connectivity index (χ2v) is 4.71. The summed E-state index contributed by atoms with van der Waals surface area (Å²) in [6, 6.07) is 0.981. The van der Waals surface area contributed by atoms with Gasteiger partial charge in [-0.1, -0.05) is 0 Å². The molecule has 0 aromatic carbocycles. The number of aromatic nitrogens is 3. The average molecular weight is 295 g/mol. The Bertz CT molecular complexity index is 595. The number of methoxy groups -OCH3 is 1. The standard InChI is InChI=1S/C11H13N5O3S/c1-19-10(18)8-6-20-11(14-8)15-9(17)7(12)5-16-4-2-3-13-16/h2-4,6-7H,5,12H2,1H3,(H,14,15,17)/t7-/m0/s1. The van der Waals surface area contributed by atoms with E-state index in [1.165, 1.54) is 12.5 Å². The molecule has 0 fully saturated rings. The predicted molar refractivity (Wildman–Crippen MR) is 72.3 cm³/mol. The van der Waals surface area contributed by atoms with Gasteiger partial charge in [0, 0.05) is 17.8 Å². The molecule has 0 aliphatic heterocycles. The quantitative estimate of drug-likeness (QED) is 0.756. The third kappa shape index (κ3) is 3.39. The van der Waals surface area contributed by atoms with Crippen molar-refractivity contribution in [2.24, 2.45) is 5.73 Å². The summed E-state index contributed by atoms with van der Waals surface area (Å²) >= 11 is 1.13. The number of rotatable bonds is 5. The van der Waals surface area contributed by atoms with Gasteiger partial charge in [0.05, 0.1) is 13.7 Å². The molecule has 0 radical (unpaired) electrons. The highest BCUT2D eigenvalue weighted by Gasteiger charge is 2.17. The third-order valence-electron chi connectivity index (χ3n) is 2.41. The predicted octanol–water partition coefficient (Wildman–Crippen LogP) is 0.0922. The van der Waals surface area contributed by atoms with Gasteiger partial charge in [-0.15, -0.1) is 11.3 Å². The summed E-state index contributed by atoms with van der Waals surface area (Å²) in [5.41, 5.74) is 5.91. The van der Waals surface area contributed by atoms with Crippen LogP contribution < -0.4 is 11.1 Å². The molecular formula is C11H13N5O3S. The Labute approximate surface area is 118 Å². The Morgan fingerprint density at radius 3 is 3.05 bits per heavy atom. The molecule has 0 saturated carbocycles. The van der Waals surface area contributed by atoms with Crippen LogP contribution >= 0.6 is 11.3 Å². The maximum absolute atomic E-state index is 11.9. The summed E-state index contributed by atoms with van der Waals surface area (Å²) in [5.74, 6) is -0.950. The largest absolute Gasteiger partial charge is 0.464 e. The number of ether oxygens (including phenoxy) is 1. The normalized spacial score (nSPS) is 11.9. The van der Waals surface area contributed by atoms with E-state index in [1.54, 1.807) is 23.1 Å². The molecule has 0 bridgehead atoms. The minimum atomic E-state index is -0.764. The van der Waals surface area contributed by atoms with Crippen molar-refractivity contribution in [2.75, 3.05) is 12.4 Å². The first-order valence-corrected chi connectivity index (χ1v) is 6.56. The van der Waals surface area contributed by atoms with Crippen LogP contribution in [0.25, 0.3) is 0 Å². The van der Waals surface area contributed by atoms with Crippen molar-refractivity contribution in [3.8, 4) is 0 Å². The SMILES string of the molecule is COC(=O)c1csc(NC(=O)[C@@H](N)Cn2cccn2)n1. The molecule has 2 rings (SSSR count). The van der Waals surface area contributed by atoms with Gasteiger partial charge >= 0.3 is 5.97 Å². The number of carbonyl (C=O) groups is 2. The van der Waals surface area contributed by atoms with Crippen LogP contribution in [0.2, 0.25) is 0 Å². The monoisotopic (exact) mass is 295 g/mol. The van der Waals surface area contributed by atoms with E-state index in [-0.39, 0.29) is 12.2 Å². The number of hydrogen-bond donors (Lipinski definition) is 2. The second kappa shape index (κ2) is 6.26. The number of anilines is 1. The van der Waals surface area contributed by atoms with E-state index in [4.69, 9.17) is 5.73 Å². The van der Waals surface area contributed by atoms with Crippen molar-refractivity contribution in [1.82, 2.24) is 14.8 Å². The third-order valence-corrected chi connectivity index (χ3v) is 3.17. The Morgan fingerprint density at radius 1 is 1.60 bits per heavy atom. The molecule has 0 saturated heterocycles. The van der Waals surface area contributed by atoms with E-state index in [9.17, 15) is 9.59 Å². The number of esters is 1. The molecule has 0 aliphatic rings. The van der Waals surface area contributed by atoms with Crippen LogP contribution in [0.15, 0.2) is 23.8 Å². The minimum absolute atomic E-state index is 0.147. The smallest absolute Gasteiger partial charge is 0.357 e. The lowest BCUT2D eigenvalue weighted by molar-refractivity contribution is -0.117. The first kappa shape index (κ1) is 14.2. The van der Waals surface area contributed by atoms with Crippen LogP contribution in [0.3, 0.4) is 0 Å². The fourth-order valence-corrected chi connectivity index (χ4v) is 2.10. The van der Waals surface area contributed by atoms with Crippen molar-refractivity contribution in [2.45, 2.75) is 12.6 Å². The van der Waals surface area contributed by atoms with Gasteiger partial charge in [0.15, 0.2) is 10.8 Å². The van der Waals surface area contributed by atoms with Crippen LogP contribution in [0.4, 0.5) is 5.13 Å². The molecule has 9 heteroatoms. The molecule has 2 heterocycles. The summed E-state index contributed by atoms with van der Waals surface area (Å²) in [6.07, 6.45) is 3.32. The Balaban J connectivity index is 1.93. The first-order valence-electron chi connectivity index (χ1n) is 5.68. The van der Waals surface area contributed by atoms with E-state index < -0.39 is 17.9 Å². The highest BCUT2D eigenvalue weighted by Crippen LogP contribution is 2.16. The molecule has 20 heavy (non-hydrogen) atoms. The van der Waals surface area contributed by atoms with E-state index in [2.05, 4.69) is 20.1 Å². The van der Waals surface area contributed by atoms with E-state index in [1.807, 2.05) is 0 Å². The number of carbonyl (C=O) groups excluding carboxylic acids is 2. The summed E-state index contributed by atoms with van der Waals surface area (Å²) in [5, 5.41) is 8.31. The van der Waals surface area contributed by atoms with Crippen molar-refractivity contribution < 1.29 is 14.3 Å². The van der Waals surface area contributed by atoms with Gasteiger partial charge in [-0.05, 0) is 6.07 Å². The van der Waals surface area contributed by atoms with E-state index in [0.717, 1.165) is 11.3 Å².